The second kappa shape index (κ2) is 8.08. The van der Waals surface area contributed by atoms with Gasteiger partial charge in [0.25, 0.3) is 0 Å². The number of carboxylic acid groups (broad SMARTS) is 1. The lowest BCUT2D eigenvalue weighted by molar-refractivity contribution is -0.138. The number of aliphatic carboxylic acids is 1. The van der Waals surface area contributed by atoms with E-state index in [2.05, 4.69) is 5.32 Å². The smallest absolute Gasteiger partial charge is 0.310 e. The molecule has 2 atom stereocenters. The van der Waals surface area contributed by atoms with Gasteiger partial charge in [0.1, 0.15) is 0 Å². The molecule has 1 amide bonds. The molecule has 0 fully saturated rings. The largest absolute Gasteiger partial charge is 0.481 e. The Morgan fingerprint density at radius 1 is 1.19 bits per heavy atom. The van der Waals surface area contributed by atoms with E-state index >= 15 is 0 Å². The molecular weight excluding hydrogens is 286 g/mol. The number of benzene rings is 1. The van der Waals surface area contributed by atoms with Crippen LogP contribution in [0.25, 0.3) is 0 Å². The lowest BCUT2D eigenvalue weighted by atomic mass is 10.0. The lowest BCUT2D eigenvalue weighted by Gasteiger charge is -2.19. The van der Waals surface area contributed by atoms with Gasteiger partial charge in [0.15, 0.2) is 0 Å². The number of hydrogen-bond acceptors (Lipinski definition) is 3. The Bertz CT molecular complexity index is 485. The van der Waals surface area contributed by atoms with Crippen LogP contribution in [0.3, 0.4) is 0 Å². The number of nitrogens with one attached hydrogen (secondary N) is 1. The van der Waals surface area contributed by atoms with Crippen LogP contribution in [-0.2, 0) is 9.59 Å². The monoisotopic (exact) mass is 309 g/mol. The molecule has 0 aliphatic carbocycles. The quantitative estimate of drug-likeness (QED) is 0.808. The van der Waals surface area contributed by atoms with Crippen LogP contribution in [0.2, 0.25) is 0 Å². The summed E-state index contributed by atoms with van der Waals surface area (Å²) in [6.07, 6.45) is 0. The number of hydrogen-bond donors (Lipinski definition) is 2. The molecule has 116 valence electrons. The molecule has 0 heterocycles. The van der Waals surface area contributed by atoms with Crippen LogP contribution < -0.4 is 5.32 Å². The van der Waals surface area contributed by atoms with Gasteiger partial charge in [0.05, 0.1) is 11.2 Å². The first-order valence-corrected chi connectivity index (χ1v) is 8.16. The van der Waals surface area contributed by atoms with Crippen LogP contribution in [0.5, 0.6) is 0 Å². The molecule has 1 aromatic rings. The summed E-state index contributed by atoms with van der Waals surface area (Å²) in [5, 5.41) is 11.8. The fraction of sp³-hybridized carbons (Fsp3) is 0.500. The zero-order valence-corrected chi connectivity index (χ0v) is 13.7. The molecular formula is C16H23NO3S. The number of anilines is 1. The maximum absolute atomic E-state index is 12.2. The fourth-order valence-corrected chi connectivity index (χ4v) is 2.92. The minimum absolute atomic E-state index is 0.00381. The summed E-state index contributed by atoms with van der Waals surface area (Å²) in [6, 6.07) is 6.98. The first-order chi connectivity index (χ1) is 9.86. The number of carbonyl (C=O) groups is 2. The predicted octanol–water partition coefficient (Wildman–Crippen LogP) is 3.59. The summed E-state index contributed by atoms with van der Waals surface area (Å²) in [5.74, 6) is -0.248. The summed E-state index contributed by atoms with van der Waals surface area (Å²) in [6.45, 7) is 7.74. The molecule has 0 aromatic heterocycles. The highest BCUT2D eigenvalue weighted by atomic mass is 32.2. The molecule has 2 N–H and O–H groups in total. The van der Waals surface area contributed by atoms with Gasteiger partial charge in [0.2, 0.25) is 5.91 Å². The van der Waals surface area contributed by atoms with E-state index in [1.807, 2.05) is 20.8 Å². The maximum atomic E-state index is 12.2. The van der Waals surface area contributed by atoms with E-state index in [0.717, 1.165) is 11.3 Å². The molecule has 0 saturated heterocycles. The van der Waals surface area contributed by atoms with Crippen molar-refractivity contribution in [1.82, 2.24) is 0 Å². The third-order valence-corrected chi connectivity index (χ3v) is 4.71. The molecule has 0 aliphatic rings. The van der Waals surface area contributed by atoms with Crippen LogP contribution >= 0.6 is 11.8 Å². The number of thioether (sulfide) groups is 1. The maximum Gasteiger partial charge on any atom is 0.310 e. The van der Waals surface area contributed by atoms with Gasteiger partial charge in [-0.25, -0.2) is 0 Å². The van der Waals surface area contributed by atoms with Crippen molar-refractivity contribution in [2.75, 3.05) is 11.1 Å². The van der Waals surface area contributed by atoms with Crippen LogP contribution in [0.4, 0.5) is 5.69 Å². The zero-order chi connectivity index (χ0) is 16.0. The van der Waals surface area contributed by atoms with Gasteiger partial charge < -0.3 is 10.4 Å². The second-order valence-corrected chi connectivity index (χ2v) is 6.71. The van der Waals surface area contributed by atoms with E-state index in [-0.39, 0.29) is 17.1 Å². The molecule has 0 radical (unpaired) electrons. The number of amides is 1. The van der Waals surface area contributed by atoms with Gasteiger partial charge in [-0.2, -0.15) is 0 Å². The Labute approximate surface area is 130 Å². The number of rotatable bonds is 7. The lowest BCUT2D eigenvalue weighted by Crippen LogP contribution is -2.29. The van der Waals surface area contributed by atoms with Crippen molar-refractivity contribution in [2.24, 2.45) is 5.92 Å². The second-order valence-electron chi connectivity index (χ2n) is 5.29. The highest BCUT2D eigenvalue weighted by Crippen LogP contribution is 2.22. The summed E-state index contributed by atoms with van der Waals surface area (Å²) in [5.41, 5.74) is 1.42. The summed E-state index contributed by atoms with van der Waals surface area (Å²) in [4.78, 5) is 23.2. The van der Waals surface area contributed by atoms with Gasteiger partial charge in [-0.1, -0.05) is 32.9 Å². The van der Waals surface area contributed by atoms with E-state index in [9.17, 15) is 9.59 Å². The Kier molecular flexibility index (Phi) is 6.75. The van der Waals surface area contributed by atoms with Crippen LogP contribution in [0.1, 0.15) is 39.2 Å². The molecule has 2 unspecified atom stereocenters. The van der Waals surface area contributed by atoms with E-state index in [0.29, 0.717) is 5.69 Å². The summed E-state index contributed by atoms with van der Waals surface area (Å²) < 4.78 is 0. The van der Waals surface area contributed by atoms with E-state index in [1.165, 1.54) is 0 Å². The van der Waals surface area contributed by atoms with Crippen molar-refractivity contribution in [2.45, 2.75) is 38.9 Å². The molecule has 0 saturated carbocycles. The van der Waals surface area contributed by atoms with Gasteiger partial charge in [-0.05, 0) is 36.3 Å². The number of carbonyl (C=O) groups excluding carboxylic acids is 1. The average molecular weight is 309 g/mol. The molecule has 21 heavy (non-hydrogen) atoms. The van der Waals surface area contributed by atoms with Crippen molar-refractivity contribution in [3.05, 3.63) is 29.8 Å². The van der Waals surface area contributed by atoms with Crippen molar-refractivity contribution >= 4 is 29.3 Å². The Hall–Kier alpha value is -1.49. The first-order valence-electron chi connectivity index (χ1n) is 7.12. The molecule has 1 rings (SSSR count). The van der Waals surface area contributed by atoms with Gasteiger partial charge in [-0.15, -0.1) is 11.8 Å². The first kappa shape index (κ1) is 17.6. The molecule has 0 aliphatic heterocycles. The molecule has 4 nitrogen and oxygen atoms in total. The van der Waals surface area contributed by atoms with Crippen molar-refractivity contribution < 1.29 is 14.7 Å². The van der Waals surface area contributed by atoms with Crippen LogP contribution in [0, 0.1) is 5.92 Å². The standard InChI is InChI=1S/C16H23NO3S/c1-5-21-14(10(2)3)15(18)17-13-8-6-12(7-9-13)11(4)16(19)20/h6-11,14H,5H2,1-4H3,(H,17,18)(H,19,20). The van der Waals surface area contributed by atoms with E-state index in [4.69, 9.17) is 5.11 Å². The van der Waals surface area contributed by atoms with Crippen LogP contribution in [0.15, 0.2) is 24.3 Å². The topological polar surface area (TPSA) is 66.4 Å². The minimum Gasteiger partial charge on any atom is -0.481 e. The van der Waals surface area contributed by atoms with E-state index in [1.54, 1.807) is 43.0 Å². The summed E-state index contributed by atoms with van der Waals surface area (Å²) >= 11 is 1.63. The van der Waals surface area contributed by atoms with Gasteiger partial charge in [-0.3, -0.25) is 9.59 Å². The van der Waals surface area contributed by atoms with E-state index < -0.39 is 11.9 Å². The van der Waals surface area contributed by atoms with Crippen molar-refractivity contribution in [1.29, 1.82) is 0 Å². The highest BCUT2D eigenvalue weighted by Gasteiger charge is 2.22. The third kappa shape index (κ3) is 5.08. The SMILES string of the molecule is CCSC(C(=O)Nc1ccc(C(C)C(=O)O)cc1)C(C)C. The normalized spacial score (nSPS) is 13.8. The molecule has 0 spiro atoms. The summed E-state index contributed by atoms with van der Waals surface area (Å²) in [7, 11) is 0. The molecule has 1 aromatic carbocycles. The van der Waals surface area contributed by atoms with Crippen molar-refractivity contribution in [3.8, 4) is 0 Å². The average Bonchev–Trinajstić information content (AvgIpc) is 2.44. The predicted molar refractivity (Wildman–Crippen MR) is 87.9 cm³/mol. The van der Waals surface area contributed by atoms with Gasteiger partial charge >= 0.3 is 5.97 Å². The fourth-order valence-electron chi connectivity index (χ4n) is 1.96. The number of carboxylic acids is 1. The van der Waals surface area contributed by atoms with Gasteiger partial charge in [0, 0.05) is 5.69 Å². The Balaban J connectivity index is 2.75. The Morgan fingerprint density at radius 3 is 2.19 bits per heavy atom. The Morgan fingerprint density at radius 2 is 1.76 bits per heavy atom. The highest BCUT2D eigenvalue weighted by molar-refractivity contribution is 8.00. The van der Waals surface area contributed by atoms with Crippen molar-refractivity contribution in [3.63, 3.8) is 0 Å². The zero-order valence-electron chi connectivity index (χ0n) is 12.9. The molecule has 5 heteroatoms. The van der Waals surface area contributed by atoms with Crippen LogP contribution in [-0.4, -0.2) is 28.0 Å². The molecule has 0 bridgehead atoms. The third-order valence-electron chi connectivity index (χ3n) is 3.26. The minimum atomic E-state index is -0.856.